The molecule has 0 unspecified atom stereocenters. The molecule has 0 bridgehead atoms. The van der Waals surface area contributed by atoms with Gasteiger partial charge in [-0.3, -0.25) is 0 Å². The summed E-state index contributed by atoms with van der Waals surface area (Å²) < 4.78 is 12.9. The zero-order valence-electron chi connectivity index (χ0n) is 29.9. The number of benzene rings is 7. The van der Waals surface area contributed by atoms with Crippen LogP contribution in [0.4, 0.5) is 0 Å². The van der Waals surface area contributed by atoms with E-state index in [2.05, 4.69) is 94.9 Å². The highest BCUT2D eigenvalue weighted by atomic mass is 16.3. The molecule has 7 aromatic carbocycles. The summed E-state index contributed by atoms with van der Waals surface area (Å²) in [6, 6.07) is 57.7. The normalized spacial score (nSPS) is 11.6. The molecule has 0 aliphatic carbocycles. The summed E-state index contributed by atoms with van der Waals surface area (Å²) in [6.07, 6.45) is 3.74. The van der Waals surface area contributed by atoms with E-state index in [-0.39, 0.29) is 0 Å². The van der Waals surface area contributed by atoms with Gasteiger partial charge >= 0.3 is 0 Å². The zero-order valence-corrected chi connectivity index (χ0v) is 29.9. The topological polar surface area (TPSA) is 77.8 Å². The number of para-hydroxylation sites is 2. The van der Waals surface area contributed by atoms with Gasteiger partial charge < -0.3 is 8.83 Å². The maximum Gasteiger partial charge on any atom is 0.160 e. The summed E-state index contributed by atoms with van der Waals surface area (Å²) in [4.78, 5) is 19.7. The van der Waals surface area contributed by atoms with E-state index in [1.807, 2.05) is 97.3 Å². The lowest BCUT2D eigenvalue weighted by Gasteiger charge is -2.12. The Morgan fingerprint density at radius 3 is 1.68 bits per heavy atom. The van der Waals surface area contributed by atoms with Crippen molar-refractivity contribution < 1.29 is 8.83 Å². The molecule has 6 nitrogen and oxygen atoms in total. The van der Waals surface area contributed by atoms with Gasteiger partial charge in [-0.1, -0.05) is 133 Å². The second-order valence-corrected chi connectivity index (χ2v) is 13.8. The average molecular weight is 719 g/mol. The maximum atomic E-state index is 6.72. The minimum Gasteiger partial charge on any atom is -0.456 e. The first-order valence-electron chi connectivity index (χ1n) is 18.5. The first-order valence-corrected chi connectivity index (χ1v) is 18.5. The summed E-state index contributed by atoms with van der Waals surface area (Å²) in [6.45, 7) is 0. The van der Waals surface area contributed by atoms with Gasteiger partial charge in [0.1, 0.15) is 22.3 Å². The van der Waals surface area contributed by atoms with Gasteiger partial charge in [0, 0.05) is 67.3 Å². The van der Waals surface area contributed by atoms with Crippen molar-refractivity contribution in [3.63, 3.8) is 0 Å². The van der Waals surface area contributed by atoms with E-state index in [0.29, 0.717) is 11.6 Å². The molecular formula is C50H30N4O2. The second-order valence-electron chi connectivity index (χ2n) is 13.8. The summed E-state index contributed by atoms with van der Waals surface area (Å²) in [5.74, 6) is 1.33. The monoisotopic (exact) mass is 718 g/mol. The minimum absolute atomic E-state index is 0.630. The van der Waals surface area contributed by atoms with Crippen LogP contribution in [0.5, 0.6) is 0 Å². The zero-order chi connectivity index (χ0) is 37.0. The standard InChI is InChI=1S/C50H30N4O2/c1-3-11-32(12-4-1)42-28-43(54-50(53-42)34-21-19-31(20-22-34)36-29-51-49(52-30-36)33-13-5-2-6-14-33)39-25-24-37(48-47(39)40-16-8-10-18-45(40)56-48)35-23-26-46-41(27-35)38-15-7-9-17-44(38)55-46/h1-30H. The lowest BCUT2D eigenvalue weighted by molar-refractivity contribution is 0.668. The number of nitrogens with zero attached hydrogens (tertiary/aromatic N) is 4. The van der Waals surface area contributed by atoms with Crippen molar-refractivity contribution in [3.8, 4) is 67.5 Å². The van der Waals surface area contributed by atoms with E-state index >= 15 is 0 Å². The molecule has 6 heteroatoms. The molecule has 11 rings (SSSR count). The number of fused-ring (bicyclic) bond motifs is 6. The number of rotatable bonds is 6. The van der Waals surface area contributed by atoms with Crippen molar-refractivity contribution in [2.24, 2.45) is 0 Å². The first-order chi connectivity index (χ1) is 27.7. The largest absolute Gasteiger partial charge is 0.456 e. The molecular weight excluding hydrogens is 689 g/mol. The molecule has 262 valence electrons. The number of hydrogen-bond acceptors (Lipinski definition) is 6. The predicted molar refractivity (Wildman–Crippen MR) is 225 cm³/mol. The lowest BCUT2D eigenvalue weighted by atomic mass is 9.95. The van der Waals surface area contributed by atoms with Crippen LogP contribution in [-0.2, 0) is 0 Å². The maximum absolute atomic E-state index is 6.72. The van der Waals surface area contributed by atoms with Gasteiger partial charge in [0.15, 0.2) is 11.6 Å². The highest BCUT2D eigenvalue weighted by molar-refractivity contribution is 6.17. The Bertz CT molecular complexity index is 3220. The smallest absolute Gasteiger partial charge is 0.160 e. The molecule has 0 atom stereocenters. The predicted octanol–water partition coefficient (Wildman–Crippen LogP) is 13.1. The molecule has 0 radical (unpaired) electrons. The number of hydrogen-bond donors (Lipinski definition) is 0. The molecule has 0 aliphatic heterocycles. The van der Waals surface area contributed by atoms with E-state index in [4.69, 9.17) is 18.8 Å². The van der Waals surface area contributed by atoms with E-state index in [0.717, 1.165) is 99.8 Å². The molecule has 0 saturated carbocycles. The van der Waals surface area contributed by atoms with Crippen molar-refractivity contribution in [2.45, 2.75) is 0 Å². The van der Waals surface area contributed by atoms with Crippen LogP contribution in [-0.4, -0.2) is 19.9 Å². The van der Waals surface area contributed by atoms with Crippen molar-refractivity contribution in [1.29, 1.82) is 0 Å². The minimum atomic E-state index is 0.630. The summed E-state index contributed by atoms with van der Waals surface area (Å²) >= 11 is 0. The molecule has 0 aliphatic rings. The van der Waals surface area contributed by atoms with E-state index in [1.165, 1.54) is 0 Å². The molecule has 0 fully saturated rings. The lowest BCUT2D eigenvalue weighted by Crippen LogP contribution is -1.96. The third-order valence-corrected chi connectivity index (χ3v) is 10.4. The molecule has 0 saturated heterocycles. The Kier molecular flexibility index (Phi) is 7.38. The van der Waals surface area contributed by atoms with Crippen LogP contribution in [0.1, 0.15) is 0 Å². The Morgan fingerprint density at radius 2 is 0.911 bits per heavy atom. The Hall–Kier alpha value is -7.70. The highest BCUT2D eigenvalue weighted by Crippen LogP contribution is 2.43. The molecule has 11 aromatic rings. The van der Waals surface area contributed by atoms with Crippen LogP contribution in [0.25, 0.3) is 111 Å². The SMILES string of the molecule is c1ccc(-c2cc(-c3ccc(-c4ccc5oc6ccccc6c5c4)c4oc5ccccc5c34)nc(-c3ccc(-c4cnc(-c5ccccc5)nc4)cc3)n2)cc1. The molecule has 0 amide bonds. The van der Waals surface area contributed by atoms with Gasteiger partial charge in [0.2, 0.25) is 0 Å². The Balaban J connectivity index is 1.05. The van der Waals surface area contributed by atoms with Crippen molar-refractivity contribution in [3.05, 3.63) is 182 Å². The van der Waals surface area contributed by atoms with Crippen LogP contribution >= 0.6 is 0 Å². The van der Waals surface area contributed by atoms with Crippen LogP contribution in [0.2, 0.25) is 0 Å². The molecule has 56 heavy (non-hydrogen) atoms. The van der Waals surface area contributed by atoms with Crippen molar-refractivity contribution in [2.75, 3.05) is 0 Å². The van der Waals surface area contributed by atoms with E-state index < -0.39 is 0 Å². The fourth-order valence-electron chi connectivity index (χ4n) is 7.66. The highest BCUT2D eigenvalue weighted by Gasteiger charge is 2.20. The van der Waals surface area contributed by atoms with Crippen LogP contribution in [0.15, 0.2) is 191 Å². The van der Waals surface area contributed by atoms with Gasteiger partial charge in [-0.25, -0.2) is 19.9 Å². The van der Waals surface area contributed by atoms with Gasteiger partial charge in [-0.2, -0.15) is 0 Å². The molecule has 0 spiro atoms. The Morgan fingerprint density at radius 1 is 0.339 bits per heavy atom. The number of aromatic nitrogens is 4. The third kappa shape index (κ3) is 5.43. The fourth-order valence-corrected chi connectivity index (χ4v) is 7.66. The first kappa shape index (κ1) is 31.8. The summed E-state index contributed by atoms with van der Waals surface area (Å²) in [7, 11) is 0. The van der Waals surface area contributed by atoms with E-state index in [9.17, 15) is 0 Å². The molecule has 4 aromatic heterocycles. The quantitative estimate of drug-likeness (QED) is 0.170. The molecule has 0 N–H and O–H groups in total. The summed E-state index contributed by atoms with van der Waals surface area (Å²) in [5, 5.41) is 4.20. The van der Waals surface area contributed by atoms with Crippen LogP contribution in [0.3, 0.4) is 0 Å². The fraction of sp³-hybridized carbons (Fsp3) is 0. The van der Waals surface area contributed by atoms with Gasteiger partial charge in [0.25, 0.3) is 0 Å². The average Bonchev–Trinajstić information content (AvgIpc) is 3.85. The summed E-state index contributed by atoms with van der Waals surface area (Å²) in [5.41, 5.74) is 12.9. The van der Waals surface area contributed by atoms with Crippen LogP contribution in [0, 0.1) is 0 Å². The third-order valence-electron chi connectivity index (χ3n) is 10.4. The number of furan rings is 2. The van der Waals surface area contributed by atoms with E-state index in [1.54, 1.807) is 0 Å². The van der Waals surface area contributed by atoms with Crippen molar-refractivity contribution >= 4 is 43.9 Å². The molecule has 4 heterocycles. The second kappa shape index (κ2) is 13.0. The van der Waals surface area contributed by atoms with Crippen LogP contribution < -0.4 is 0 Å². The van der Waals surface area contributed by atoms with Gasteiger partial charge in [-0.05, 0) is 47.5 Å². The van der Waals surface area contributed by atoms with Gasteiger partial charge in [0.05, 0.1) is 11.4 Å². The van der Waals surface area contributed by atoms with Crippen molar-refractivity contribution in [1.82, 2.24) is 19.9 Å². The van der Waals surface area contributed by atoms with Gasteiger partial charge in [-0.15, -0.1) is 0 Å². The Labute approximate surface area is 321 Å².